The Balaban J connectivity index is 1.82. The number of carboxylic acid groups (broad SMARTS) is 1. The molecule has 0 spiro atoms. The number of rotatable bonds is 6. The fourth-order valence-corrected chi connectivity index (χ4v) is 1.86. The molecule has 0 aliphatic heterocycles. The van der Waals surface area contributed by atoms with E-state index >= 15 is 0 Å². The molecule has 0 unspecified atom stereocenters. The molecule has 21 heavy (non-hydrogen) atoms. The molecule has 0 atom stereocenters. The lowest BCUT2D eigenvalue weighted by Gasteiger charge is -2.10. The summed E-state index contributed by atoms with van der Waals surface area (Å²) < 4.78 is 19.0. The van der Waals surface area contributed by atoms with Crippen LogP contribution in [-0.2, 0) is 0 Å². The van der Waals surface area contributed by atoms with Crippen molar-refractivity contribution < 1.29 is 19.0 Å². The number of benzene rings is 2. The fraction of sp³-hybridized carbons (Fsp3) is 0.133. The van der Waals surface area contributed by atoms with Crippen LogP contribution < -0.4 is 10.1 Å². The number of halogens is 2. The van der Waals surface area contributed by atoms with Gasteiger partial charge in [0.15, 0.2) is 5.82 Å². The third kappa shape index (κ3) is 4.10. The van der Waals surface area contributed by atoms with Gasteiger partial charge in [-0.15, -0.1) is 0 Å². The van der Waals surface area contributed by atoms with Crippen LogP contribution in [0.2, 0.25) is 5.02 Å². The third-order valence-electron chi connectivity index (χ3n) is 2.74. The Kier molecular flexibility index (Phi) is 5.00. The normalized spacial score (nSPS) is 10.2. The topological polar surface area (TPSA) is 58.6 Å². The Morgan fingerprint density at radius 1 is 1.24 bits per heavy atom. The molecule has 2 rings (SSSR count). The van der Waals surface area contributed by atoms with Crippen molar-refractivity contribution in [2.24, 2.45) is 0 Å². The molecule has 0 aromatic heterocycles. The summed E-state index contributed by atoms with van der Waals surface area (Å²) in [7, 11) is 0. The summed E-state index contributed by atoms with van der Waals surface area (Å²) in [5, 5.41) is 11.7. The number of nitrogens with one attached hydrogen (secondary N) is 1. The van der Waals surface area contributed by atoms with Crippen LogP contribution in [0.3, 0.4) is 0 Å². The van der Waals surface area contributed by atoms with Crippen molar-refractivity contribution >= 4 is 23.3 Å². The van der Waals surface area contributed by atoms with E-state index in [0.717, 1.165) is 0 Å². The largest absolute Gasteiger partial charge is 0.492 e. The highest BCUT2D eigenvalue weighted by Crippen LogP contribution is 2.21. The van der Waals surface area contributed by atoms with E-state index in [1.54, 1.807) is 24.3 Å². The monoisotopic (exact) mass is 309 g/mol. The maximum absolute atomic E-state index is 13.6. The summed E-state index contributed by atoms with van der Waals surface area (Å²) in [5.74, 6) is -0.932. The van der Waals surface area contributed by atoms with Crippen molar-refractivity contribution in [3.8, 4) is 5.75 Å². The van der Waals surface area contributed by atoms with Gasteiger partial charge in [-0.25, -0.2) is 9.18 Å². The van der Waals surface area contributed by atoms with Crippen molar-refractivity contribution in [3.05, 3.63) is 58.9 Å². The molecule has 4 nitrogen and oxygen atoms in total. The van der Waals surface area contributed by atoms with Gasteiger partial charge in [-0.3, -0.25) is 0 Å². The molecule has 0 saturated carbocycles. The molecule has 2 N–H and O–H groups in total. The molecule has 110 valence electrons. The van der Waals surface area contributed by atoms with Crippen molar-refractivity contribution in [2.75, 3.05) is 18.5 Å². The lowest BCUT2D eigenvalue weighted by atomic mass is 10.2. The molecule has 0 heterocycles. The molecule has 0 radical (unpaired) electrons. The molecule has 0 bridgehead atoms. The molecule has 0 aliphatic rings. The highest BCUT2D eigenvalue weighted by Gasteiger charge is 2.05. The van der Waals surface area contributed by atoms with Crippen molar-refractivity contribution in [1.29, 1.82) is 0 Å². The van der Waals surface area contributed by atoms with Crippen LogP contribution in [0.25, 0.3) is 0 Å². The highest BCUT2D eigenvalue weighted by atomic mass is 35.5. The Morgan fingerprint density at radius 2 is 1.95 bits per heavy atom. The maximum atomic E-state index is 13.6. The Bertz CT molecular complexity index is 631. The molecule has 6 heteroatoms. The van der Waals surface area contributed by atoms with Gasteiger partial charge in [0.05, 0.1) is 16.3 Å². The van der Waals surface area contributed by atoms with Crippen LogP contribution in [0.4, 0.5) is 10.1 Å². The molecule has 2 aromatic rings. The number of hydrogen-bond acceptors (Lipinski definition) is 3. The van der Waals surface area contributed by atoms with E-state index in [1.165, 1.54) is 18.2 Å². The number of ether oxygens (including phenoxy) is 1. The van der Waals surface area contributed by atoms with E-state index in [4.69, 9.17) is 21.4 Å². The van der Waals surface area contributed by atoms with Gasteiger partial charge in [-0.2, -0.15) is 0 Å². The van der Waals surface area contributed by atoms with Gasteiger partial charge < -0.3 is 15.2 Å². The summed E-state index contributed by atoms with van der Waals surface area (Å²) in [6.07, 6.45) is 0. The van der Waals surface area contributed by atoms with Gasteiger partial charge >= 0.3 is 5.97 Å². The quantitative estimate of drug-likeness (QED) is 0.799. The van der Waals surface area contributed by atoms with E-state index in [-0.39, 0.29) is 10.6 Å². The zero-order valence-corrected chi connectivity index (χ0v) is 11.7. The molecule has 0 saturated heterocycles. The zero-order valence-electron chi connectivity index (χ0n) is 11.0. The van der Waals surface area contributed by atoms with Crippen molar-refractivity contribution in [1.82, 2.24) is 0 Å². The van der Waals surface area contributed by atoms with Crippen LogP contribution in [-0.4, -0.2) is 24.2 Å². The fourth-order valence-electron chi connectivity index (χ4n) is 1.69. The molecular weight excluding hydrogens is 297 g/mol. The maximum Gasteiger partial charge on any atom is 0.335 e. The lowest BCUT2D eigenvalue weighted by Crippen LogP contribution is -2.12. The first kappa shape index (κ1) is 15.1. The Labute approximate surface area is 126 Å². The van der Waals surface area contributed by atoms with E-state index < -0.39 is 11.8 Å². The highest BCUT2D eigenvalue weighted by molar-refractivity contribution is 6.31. The Hall–Kier alpha value is -2.27. The first-order valence-electron chi connectivity index (χ1n) is 6.22. The second-order valence-corrected chi connectivity index (χ2v) is 4.61. The van der Waals surface area contributed by atoms with E-state index in [9.17, 15) is 9.18 Å². The van der Waals surface area contributed by atoms with Gasteiger partial charge in [0.25, 0.3) is 0 Å². The second-order valence-electron chi connectivity index (χ2n) is 4.21. The summed E-state index contributed by atoms with van der Waals surface area (Å²) in [6.45, 7) is 0.691. The van der Waals surface area contributed by atoms with Gasteiger partial charge in [0.2, 0.25) is 0 Å². The number of anilines is 1. The molecular formula is C15H13ClFNO3. The van der Waals surface area contributed by atoms with E-state index in [2.05, 4.69) is 5.32 Å². The van der Waals surface area contributed by atoms with Gasteiger partial charge in [-0.05, 0) is 36.4 Å². The molecule has 0 fully saturated rings. The second kappa shape index (κ2) is 6.95. The standard InChI is InChI=1S/C15H13ClFNO3/c16-12-2-1-3-13(14(12)17)18-8-9-21-11-6-4-10(5-7-11)15(19)20/h1-7,18H,8-9H2,(H,19,20). The predicted octanol–water partition coefficient (Wildman–Crippen LogP) is 3.67. The zero-order chi connectivity index (χ0) is 15.2. The van der Waals surface area contributed by atoms with Crippen LogP contribution in [0.15, 0.2) is 42.5 Å². The SMILES string of the molecule is O=C(O)c1ccc(OCCNc2cccc(Cl)c2F)cc1. The van der Waals surface area contributed by atoms with Crippen molar-refractivity contribution in [3.63, 3.8) is 0 Å². The third-order valence-corrected chi connectivity index (χ3v) is 3.03. The summed E-state index contributed by atoms with van der Waals surface area (Å²) >= 11 is 5.67. The minimum atomic E-state index is -0.986. The van der Waals surface area contributed by atoms with Gasteiger partial charge in [0.1, 0.15) is 12.4 Å². The Morgan fingerprint density at radius 3 is 2.62 bits per heavy atom. The molecule has 0 amide bonds. The number of hydrogen-bond donors (Lipinski definition) is 2. The minimum absolute atomic E-state index is 0.0603. The molecule has 0 aliphatic carbocycles. The summed E-state index contributed by atoms with van der Waals surface area (Å²) in [4.78, 5) is 10.7. The molecule has 2 aromatic carbocycles. The first-order chi connectivity index (χ1) is 10.1. The number of carboxylic acids is 1. The smallest absolute Gasteiger partial charge is 0.335 e. The van der Waals surface area contributed by atoms with E-state index in [1.807, 2.05) is 0 Å². The average molecular weight is 310 g/mol. The summed E-state index contributed by atoms with van der Waals surface area (Å²) in [6, 6.07) is 10.8. The first-order valence-corrected chi connectivity index (χ1v) is 6.60. The number of carbonyl (C=O) groups is 1. The van der Waals surface area contributed by atoms with Crippen LogP contribution in [0, 0.1) is 5.82 Å². The van der Waals surface area contributed by atoms with E-state index in [0.29, 0.717) is 24.6 Å². The summed E-state index contributed by atoms with van der Waals surface area (Å²) in [5.41, 5.74) is 0.508. The van der Waals surface area contributed by atoms with Crippen LogP contribution >= 0.6 is 11.6 Å². The van der Waals surface area contributed by atoms with Crippen molar-refractivity contribution in [2.45, 2.75) is 0 Å². The number of aromatic carboxylic acids is 1. The minimum Gasteiger partial charge on any atom is -0.492 e. The van der Waals surface area contributed by atoms with Crippen LogP contribution in [0.1, 0.15) is 10.4 Å². The van der Waals surface area contributed by atoms with Gasteiger partial charge in [0, 0.05) is 6.54 Å². The lowest BCUT2D eigenvalue weighted by molar-refractivity contribution is 0.0697. The average Bonchev–Trinajstić information content (AvgIpc) is 2.48. The van der Waals surface area contributed by atoms with Crippen LogP contribution in [0.5, 0.6) is 5.75 Å². The van der Waals surface area contributed by atoms with Gasteiger partial charge in [-0.1, -0.05) is 17.7 Å². The predicted molar refractivity (Wildman–Crippen MR) is 78.8 cm³/mol.